The van der Waals surface area contributed by atoms with Crippen LogP contribution in [0.3, 0.4) is 0 Å². The van der Waals surface area contributed by atoms with Crippen LogP contribution >= 0.6 is 0 Å². The van der Waals surface area contributed by atoms with Gasteiger partial charge in [-0.2, -0.15) is 0 Å². The van der Waals surface area contributed by atoms with E-state index in [9.17, 15) is 15.3 Å². The Balaban J connectivity index is 4.54. The summed E-state index contributed by atoms with van der Waals surface area (Å²) >= 11 is 0. The molecular formula is C7H12N3O3-. The Morgan fingerprint density at radius 2 is 2.15 bits per heavy atom. The fraction of sp³-hybridized carbons (Fsp3) is 0.429. The molecule has 6 heteroatoms. The molecule has 0 atom stereocenters. The van der Waals surface area contributed by atoms with Gasteiger partial charge in [0, 0.05) is 12.5 Å². The Hall–Kier alpha value is -1.56. The number of nitrogens with two attached hydrogens (primary N) is 1. The third-order valence-corrected chi connectivity index (χ3v) is 1.41. The Bertz CT molecular complexity index is 245. The molecule has 0 aliphatic carbocycles. The largest absolute Gasteiger partial charge is 0.757 e. The molecule has 0 heterocycles. The zero-order valence-electron chi connectivity index (χ0n) is 7.56. The van der Waals surface area contributed by atoms with Crippen LogP contribution in [0.2, 0.25) is 0 Å². The lowest BCUT2D eigenvalue weighted by Crippen LogP contribution is -2.16. The minimum absolute atomic E-state index is 0.0183. The van der Waals surface area contributed by atoms with Crippen LogP contribution in [0, 0.1) is 15.3 Å². The number of allylic oxidation sites excluding steroid dienone is 3. The molecule has 0 aliphatic heterocycles. The number of rotatable bonds is 4. The van der Waals surface area contributed by atoms with Crippen LogP contribution in [-0.2, 0) is 0 Å². The number of hydroxylamine groups is 2. The standard InChI is InChI=1S/C7H12N3O3/c1-3-6(10(12)13)4-5-7(8)9(2)11/h4-5H,3,8H2,1-2H3/q-1/b6-4+,7-5-. The molecule has 0 unspecified atom stereocenters. The molecule has 0 radical (unpaired) electrons. The summed E-state index contributed by atoms with van der Waals surface area (Å²) in [6, 6.07) is 0. The predicted molar refractivity (Wildman–Crippen MR) is 48.8 cm³/mol. The maximum Gasteiger partial charge on any atom is 0.246 e. The lowest BCUT2D eigenvalue weighted by molar-refractivity contribution is -0.427. The summed E-state index contributed by atoms with van der Waals surface area (Å²) in [5, 5.41) is 21.3. The topological polar surface area (TPSA) is 95.5 Å². The van der Waals surface area contributed by atoms with E-state index in [1.54, 1.807) is 6.92 Å². The fourth-order valence-electron chi connectivity index (χ4n) is 0.594. The minimum Gasteiger partial charge on any atom is -0.757 e. The van der Waals surface area contributed by atoms with E-state index >= 15 is 0 Å². The number of nitrogens with zero attached hydrogens (tertiary/aromatic N) is 2. The molecule has 0 saturated carbocycles. The van der Waals surface area contributed by atoms with Gasteiger partial charge in [0.05, 0.1) is 10.7 Å². The van der Waals surface area contributed by atoms with E-state index in [4.69, 9.17) is 5.73 Å². The number of hydrogen-bond donors (Lipinski definition) is 1. The van der Waals surface area contributed by atoms with Crippen molar-refractivity contribution in [3.8, 4) is 0 Å². The summed E-state index contributed by atoms with van der Waals surface area (Å²) in [6.07, 6.45) is 2.73. The molecule has 6 nitrogen and oxygen atoms in total. The van der Waals surface area contributed by atoms with Gasteiger partial charge in [0.2, 0.25) is 5.70 Å². The van der Waals surface area contributed by atoms with E-state index in [1.807, 2.05) is 0 Å². The summed E-state index contributed by atoms with van der Waals surface area (Å²) in [7, 11) is 1.22. The average molecular weight is 186 g/mol. The summed E-state index contributed by atoms with van der Waals surface area (Å²) in [5.41, 5.74) is 5.25. The first-order valence-corrected chi connectivity index (χ1v) is 3.70. The molecule has 0 aromatic carbocycles. The van der Waals surface area contributed by atoms with Crippen LogP contribution in [0.15, 0.2) is 23.7 Å². The lowest BCUT2D eigenvalue weighted by Gasteiger charge is -2.23. The zero-order valence-corrected chi connectivity index (χ0v) is 7.56. The molecule has 0 saturated heterocycles. The van der Waals surface area contributed by atoms with Gasteiger partial charge in [-0.3, -0.25) is 10.1 Å². The van der Waals surface area contributed by atoms with Gasteiger partial charge in [-0.1, -0.05) is 6.92 Å². The zero-order chi connectivity index (χ0) is 10.4. The second-order valence-corrected chi connectivity index (χ2v) is 2.36. The van der Waals surface area contributed by atoms with Crippen molar-refractivity contribution in [2.75, 3.05) is 7.05 Å². The fourth-order valence-corrected chi connectivity index (χ4v) is 0.594. The molecular weight excluding hydrogens is 174 g/mol. The van der Waals surface area contributed by atoms with Crippen molar-refractivity contribution < 1.29 is 4.92 Å². The van der Waals surface area contributed by atoms with E-state index in [1.165, 1.54) is 19.2 Å². The molecule has 2 N–H and O–H groups in total. The van der Waals surface area contributed by atoms with E-state index in [0.717, 1.165) is 0 Å². The highest BCUT2D eigenvalue weighted by Crippen LogP contribution is 2.02. The smallest absolute Gasteiger partial charge is 0.246 e. The van der Waals surface area contributed by atoms with Crippen LogP contribution in [0.25, 0.3) is 0 Å². The lowest BCUT2D eigenvalue weighted by atomic mass is 10.3. The van der Waals surface area contributed by atoms with Crippen molar-refractivity contribution in [3.05, 3.63) is 39.0 Å². The highest BCUT2D eigenvalue weighted by molar-refractivity contribution is 5.11. The second kappa shape index (κ2) is 5.15. The third-order valence-electron chi connectivity index (χ3n) is 1.41. The summed E-state index contributed by atoms with van der Waals surface area (Å²) < 4.78 is 0. The Morgan fingerprint density at radius 3 is 2.46 bits per heavy atom. The predicted octanol–water partition coefficient (Wildman–Crippen LogP) is 0.787. The van der Waals surface area contributed by atoms with Gasteiger partial charge in [-0.25, -0.2) is 0 Å². The maximum atomic E-state index is 10.5. The van der Waals surface area contributed by atoms with Gasteiger partial charge in [0.1, 0.15) is 0 Å². The van der Waals surface area contributed by atoms with Crippen molar-refractivity contribution in [1.82, 2.24) is 5.06 Å². The van der Waals surface area contributed by atoms with Gasteiger partial charge in [-0.15, -0.1) is 0 Å². The first kappa shape index (κ1) is 11.4. The SMILES string of the molecule is CC/C(=C\C=C(\N)N(C)[O-])[N+](=O)[O-]. The van der Waals surface area contributed by atoms with E-state index in [2.05, 4.69) is 0 Å². The van der Waals surface area contributed by atoms with Gasteiger partial charge >= 0.3 is 0 Å². The quantitative estimate of drug-likeness (QED) is 0.397. The first-order chi connectivity index (χ1) is 5.99. The van der Waals surface area contributed by atoms with Crippen molar-refractivity contribution >= 4 is 0 Å². The van der Waals surface area contributed by atoms with Crippen molar-refractivity contribution in [1.29, 1.82) is 0 Å². The Morgan fingerprint density at radius 1 is 1.62 bits per heavy atom. The van der Waals surface area contributed by atoms with Crippen molar-refractivity contribution in [2.24, 2.45) is 5.73 Å². The molecule has 0 bridgehead atoms. The molecule has 0 amide bonds. The molecule has 0 spiro atoms. The molecule has 0 rings (SSSR count). The van der Waals surface area contributed by atoms with Crippen LogP contribution in [0.1, 0.15) is 13.3 Å². The van der Waals surface area contributed by atoms with Gasteiger partial charge in [-0.05, 0) is 13.1 Å². The average Bonchev–Trinajstić information content (AvgIpc) is 2.04. The molecule has 0 fully saturated rings. The van der Waals surface area contributed by atoms with Gasteiger partial charge in [0.25, 0.3) is 0 Å². The monoisotopic (exact) mass is 186 g/mol. The first-order valence-electron chi connectivity index (χ1n) is 3.70. The number of hydrogen-bond acceptors (Lipinski definition) is 5. The van der Waals surface area contributed by atoms with Crippen molar-refractivity contribution in [3.63, 3.8) is 0 Å². The molecule has 74 valence electrons. The molecule has 0 aromatic rings. The third kappa shape index (κ3) is 4.12. The van der Waals surface area contributed by atoms with Gasteiger partial charge in [0.15, 0.2) is 0 Å². The summed E-state index contributed by atoms with van der Waals surface area (Å²) in [5.74, 6) is -0.0622. The van der Waals surface area contributed by atoms with E-state index in [-0.39, 0.29) is 11.5 Å². The Labute approximate surface area is 76.1 Å². The van der Waals surface area contributed by atoms with Crippen LogP contribution in [-0.4, -0.2) is 17.0 Å². The highest BCUT2D eigenvalue weighted by Gasteiger charge is 2.04. The molecule has 13 heavy (non-hydrogen) atoms. The normalized spacial score (nSPS) is 12.8. The summed E-state index contributed by atoms with van der Waals surface area (Å²) in [6.45, 7) is 1.65. The summed E-state index contributed by atoms with van der Waals surface area (Å²) in [4.78, 5) is 9.78. The van der Waals surface area contributed by atoms with Crippen LogP contribution in [0.4, 0.5) is 0 Å². The van der Waals surface area contributed by atoms with Crippen LogP contribution < -0.4 is 5.73 Å². The molecule has 0 aliphatic rings. The highest BCUT2D eigenvalue weighted by atomic mass is 16.6. The number of nitro groups is 1. The maximum absolute atomic E-state index is 10.5. The second-order valence-electron chi connectivity index (χ2n) is 2.36. The van der Waals surface area contributed by atoms with E-state index < -0.39 is 4.92 Å². The van der Waals surface area contributed by atoms with Gasteiger partial charge < -0.3 is 16.0 Å². The minimum atomic E-state index is -0.505. The molecule has 0 aromatic heterocycles. The Kier molecular flexibility index (Phi) is 4.53. The van der Waals surface area contributed by atoms with E-state index in [0.29, 0.717) is 11.5 Å². The van der Waals surface area contributed by atoms with Crippen molar-refractivity contribution in [2.45, 2.75) is 13.3 Å². The van der Waals surface area contributed by atoms with Crippen LogP contribution in [0.5, 0.6) is 0 Å².